The summed E-state index contributed by atoms with van der Waals surface area (Å²) in [5.74, 6) is -0.232. The molecule has 0 bridgehead atoms. The molecule has 3 atom stereocenters. The first-order chi connectivity index (χ1) is 19.6. The molecule has 0 aromatic rings. The maximum atomic E-state index is 12.1. The first kappa shape index (κ1) is 41.7. The number of hydrogen-bond acceptors (Lipinski definition) is 5. The Hall–Kier alpha value is -0.259. The van der Waals surface area contributed by atoms with Crippen LogP contribution < -0.4 is 0 Å². The van der Waals surface area contributed by atoms with E-state index in [1.807, 2.05) is 0 Å². The maximum absolute atomic E-state index is 12.1. The molecule has 42 heavy (non-hydrogen) atoms. The molecule has 250 valence electrons. The van der Waals surface area contributed by atoms with E-state index in [2.05, 4.69) is 94.5 Å². The predicted molar refractivity (Wildman–Crippen MR) is 190 cm³/mol. The van der Waals surface area contributed by atoms with Crippen molar-refractivity contribution in [2.45, 2.75) is 194 Å². The maximum Gasteiger partial charge on any atom is 0.303 e. The molecule has 0 spiro atoms. The fraction of sp³-hybridized carbons (Fsp3) is 0.912. The average Bonchev–Trinajstić information content (AvgIpc) is 2.94. The molecule has 5 nitrogen and oxygen atoms in total. The molecule has 0 saturated heterocycles. The quantitative estimate of drug-likeness (QED) is 0.0453. The van der Waals surface area contributed by atoms with Crippen molar-refractivity contribution in [3.05, 3.63) is 12.2 Å². The number of carbonyl (C=O) groups is 1. The van der Waals surface area contributed by atoms with E-state index in [0.717, 1.165) is 75.0 Å². The topological polar surface area (TPSA) is 54.0 Å². The largest absolute Gasteiger partial charge is 0.458 e. The number of ether oxygens (including phenoxy) is 1. The van der Waals surface area contributed by atoms with Crippen LogP contribution in [0.25, 0.3) is 0 Å². The van der Waals surface area contributed by atoms with Crippen LogP contribution in [0.5, 0.6) is 0 Å². The Morgan fingerprint density at radius 3 is 1.67 bits per heavy atom. The molecule has 0 aromatic heterocycles. The molecule has 8 heteroatoms. The fourth-order valence-electron chi connectivity index (χ4n) is 5.37. The van der Waals surface area contributed by atoms with E-state index in [1.165, 1.54) is 19.8 Å². The van der Waals surface area contributed by atoms with Gasteiger partial charge < -0.3 is 18.0 Å². The molecule has 0 unspecified atom stereocenters. The molecule has 0 aliphatic carbocycles. The van der Waals surface area contributed by atoms with Gasteiger partial charge in [-0.2, -0.15) is 0 Å². The Bertz CT molecular complexity index is 725. The molecule has 0 aliphatic heterocycles. The third-order valence-electron chi connectivity index (χ3n) is 10.1. The Morgan fingerprint density at radius 1 is 0.714 bits per heavy atom. The number of carbonyl (C=O) groups excluding carboxylic acids is 1. The van der Waals surface area contributed by atoms with Gasteiger partial charge in [0.1, 0.15) is 6.10 Å². The number of unbranched alkanes of at least 4 members (excludes halogenated alkanes) is 3. The van der Waals surface area contributed by atoms with Gasteiger partial charge in [0.2, 0.25) is 0 Å². The van der Waals surface area contributed by atoms with Crippen molar-refractivity contribution in [3.8, 4) is 0 Å². The van der Waals surface area contributed by atoms with Gasteiger partial charge in [-0.25, -0.2) is 0 Å². The van der Waals surface area contributed by atoms with Crippen LogP contribution in [0.15, 0.2) is 12.2 Å². The van der Waals surface area contributed by atoms with Crippen molar-refractivity contribution in [3.63, 3.8) is 0 Å². The van der Waals surface area contributed by atoms with Gasteiger partial charge in [-0.1, -0.05) is 94.6 Å². The highest BCUT2D eigenvalue weighted by atomic mass is 28.4. The van der Waals surface area contributed by atoms with Crippen molar-refractivity contribution in [1.29, 1.82) is 0 Å². The number of esters is 1. The molecule has 0 N–H and O–H groups in total. The lowest BCUT2D eigenvalue weighted by atomic mass is 10.0. The SMILES string of the molecule is CCCCC[C@@H](O[Si](CC)(CC)CC)[C@@H](/C=C/[C@@H](CCCCO[Si](C)(C)C(C)(C)C)OC(C)=O)O[Si](CC)(CC)CC. The van der Waals surface area contributed by atoms with Gasteiger partial charge in [-0.05, 0) is 86.2 Å². The summed E-state index contributed by atoms with van der Waals surface area (Å²) in [5.41, 5.74) is 0. The van der Waals surface area contributed by atoms with E-state index >= 15 is 0 Å². The van der Waals surface area contributed by atoms with Gasteiger partial charge in [0.05, 0.1) is 12.2 Å². The number of rotatable bonds is 24. The summed E-state index contributed by atoms with van der Waals surface area (Å²) in [6, 6.07) is 6.70. The molecule has 0 aromatic carbocycles. The molecular weight excluding hydrogens is 573 g/mol. The van der Waals surface area contributed by atoms with Crippen molar-refractivity contribution >= 4 is 30.9 Å². The van der Waals surface area contributed by atoms with Crippen LogP contribution in [-0.4, -0.2) is 55.8 Å². The van der Waals surface area contributed by atoms with Crippen molar-refractivity contribution in [1.82, 2.24) is 0 Å². The summed E-state index contributed by atoms with van der Waals surface area (Å²) >= 11 is 0. The zero-order valence-corrected chi connectivity index (χ0v) is 33.3. The average molecular weight is 645 g/mol. The van der Waals surface area contributed by atoms with Gasteiger partial charge in [-0.3, -0.25) is 4.79 Å². The normalized spacial score (nSPS) is 15.6. The van der Waals surface area contributed by atoms with Crippen molar-refractivity contribution < 1.29 is 22.8 Å². The van der Waals surface area contributed by atoms with Gasteiger partial charge >= 0.3 is 5.97 Å². The third-order valence-corrected chi connectivity index (χ3v) is 23.9. The minimum atomic E-state index is -1.91. The van der Waals surface area contributed by atoms with Gasteiger partial charge in [0.15, 0.2) is 25.0 Å². The van der Waals surface area contributed by atoms with Crippen LogP contribution in [0.2, 0.25) is 54.4 Å². The van der Waals surface area contributed by atoms with E-state index in [9.17, 15) is 4.79 Å². The monoisotopic (exact) mass is 644 g/mol. The van der Waals surface area contributed by atoms with E-state index in [0.29, 0.717) is 0 Å². The summed E-state index contributed by atoms with van der Waals surface area (Å²) in [5, 5.41) is 0.211. The minimum Gasteiger partial charge on any atom is -0.458 e. The van der Waals surface area contributed by atoms with Gasteiger partial charge in [-0.15, -0.1) is 0 Å². The lowest BCUT2D eigenvalue weighted by Crippen LogP contribution is -2.49. The highest BCUT2D eigenvalue weighted by molar-refractivity contribution is 6.74. The van der Waals surface area contributed by atoms with Crippen LogP contribution in [0, 0.1) is 0 Å². The molecule has 0 radical (unpaired) electrons. The van der Waals surface area contributed by atoms with Crippen LogP contribution in [0.1, 0.15) is 121 Å². The smallest absolute Gasteiger partial charge is 0.303 e. The first-order valence-electron chi connectivity index (χ1n) is 17.5. The summed E-state index contributed by atoms with van der Waals surface area (Å²) < 4.78 is 26.7. The van der Waals surface area contributed by atoms with Gasteiger partial charge in [0.25, 0.3) is 0 Å². The molecule has 0 heterocycles. The third kappa shape index (κ3) is 14.7. The standard InChI is InChI=1S/C34H72O5Si3/c1-14-21-22-26-32(38-41(15-2,16-3)17-4)33(39-42(18-5,19-6)20-7)28-27-31(37-30(8)35)25-23-24-29-36-40(12,13)34(9,10)11/h27-28,31-33H,14-26,29H2,1-13H3/b28-27+/t31-,32-,33-/m1/s1. The Kier molecular flexibility index (Phi) is 20.6. The lowest BCUT2D eigenvalue weighted by Gasteiger charge is -2.40. The second-order valence-corrected chi connectivity index (χ2v) is 28.1. The van der Waals surface area contributed by atoms with E-state index in [4.69, 9.17) is 18.0 Å². The Labute approximate surface area is 265 Å². The van der Waals surface area contributed by atoms with Gasteiger partial charge in [0, 0.05) is 13.5 Å². The molecule has 0 saturated carbocycles. The van der Waals surface area contributed by atoms with Crippen molar-refractivity contribution in [2.24, 2.45) is 0 Å². The minimum absolute atomic E-state index is 0.0480. The summed E-state index contributed by atoms with van der Waals surface area (Å²) in [4.78, 5) is 12.1. The molecule has 0 aliphatic rings. The molecular formula is C34H72O5Si3. The fourth-order valence-corrected chi connectivity index (χ4v) is 12.2. The van der Waals surface area contributed by atoms with Crippen molar-refractivity contribution in [2.75, 3.05) is 6.61 Å². The highest BCUT2D eigenvalue weighted by Gasteiger charge is 2.39. The van der Waals surface area contributed by atoms with Crippen LogP contribution in [0.4, 0.5) is 0 Å². The second-order valence-electron chi connectivity index (χ2n) is 13.9. The van der Waals surface area contributed by atoms with Crippen LogP contribution >= 0.6 is 0 Å². The predicted octanol–water partition coefficient (Wildman–Crippen LogP) is 11.0. The van der Waals surface area contributed by atoms with E-state index in [-0.39, 0.29) is 29.3 Å². The van der Waals surface area contributed by atoms with Crippen LogP contribution in [-0.2, 0) is 22.8 Å². The molecule has 0 rings (SSSR count). The highest BCUT2D eigenvalue weighted by Crippen LogP contribution is 2.36. The Balaban J connectivity index is 6.08. The van der Waals surface area contributed by atoms with E-state index in [1.54, 1.807) is 0 Å². The van der Waals surface area contributed by atoms with Crippen LogP contribution in [0.3, 0.4) is 0 Å². The second kappa shape index (κ2) is 20.7. The van der Waals surface area contributed by atoms with E-state index < -0.39 is 25.0 Å². The summed E-state index contributed by atoms with van der Waals surface area (Å²) in [6.45, 7) is 29.8. The lowest BCUT2D eigenvalue weighted by molar-refractivity contribution is -0.144. The first-order valence-corrected chi connectivity index (χ1v) is 25.5. The number of hydrogen-bond donors (Lipinski definition) is 0. The summed E-state index contributed by atoms with van der Waals surface area (Å²) in [7, 11) is -5.50. The zero-order chi connectivity index (χ0) is 32.5. The molecule has 0 amide bonds. The molecule has 0 fully saturated rings. The Morgan fingerprint density at radius 2 is 1.21 bits per heavy atom. The summed E-state index contributed by atoms with van der Waals surface area (Å²) in [6.07, 6.45) is 11.3. The zero-order valence-electron chi connectivity index (χ0n) is 30.3.